The van der Waals surface area contributed by atoms with Gasteiger partial charge in [0.1, 0.15) is 4.60 Å². The van der Waals surface area contributed by atoms with E-state index in [0.29, 0.717) is 16.7 Å². The first-order chi connectivity index (χ1) is 6.65. The first-order valence-corrected chi connectivity index (χ1v) is 5.11. The van der Waals surface area contributed by atoms with Gasteiger partial charge in [-0.15, -0.1) is 0 Å². The summed E-state index contributed by atoms with van der Waals surface area (Å²) in [5.41, 5.74) is 6.21. The van der Waals surface area contributed by atoms with Gasteiger partial charge in [-0.05, 0) is 34.5 Å². The average Bonchev–Trinajstić information content (AvgIpc) is 2.20. The molecule has 0 spiro atoms. The van der Waals surface area contributed by atoms with E-state index >= 15 is 0 Å². The second-order valence-electron chi connectivity index (χ2n) is 2.85. The highest BCUT2D eigenvalue weighted by molar-refractivity contribution is 9.10. The fraction of sp³-hybridized carbons (Fsp3) is 0.333. The zero-order valence-corrected chi connectivity index (χ0v) is 9.41. The number of amides is 1. The number of hydrogen-bond donors (Lipinski definition) is 2. The van der Waals surface area contributed by atoms with Crippen molar-refractivity contribution >= 4 is 27.5 Å². The van der Waals surface area contributed by atoms with Crippen LogP contribution >= 0.6 is 15.9 Å². The average molecular weight is 258 g/mol. The molecule has 1 amide bonds. The molecule has 0 bridgehead atoms. The Morgan fingerprint density at radius 3 is 3.07 bits per heavy atom. The van der Waals surface area contributed by atoms with Gasteiger partial charge in [-0.2, -0.15) is 0 Å². The molecule has 0 aromatic carbocycles. The van der Waals surface area contributed by atoms with Crippen LogP contribution < -0.4 is 11.1 Å². The Morgan fingerprint density at radius 1 is 1.79 bits per heavy atom. The van der Waals surface area contributed by atoms with Crippen molar-refractivity contribution in [2.45, 2.75) is 19.4 Å². The Labute approximate surface area is 91.0 Å². The van der Waals surface area contributed by atoms with Crippen LogP contribution in [0.25, 0.3) is 0 Å². The minimum absolute atomic E-state index is 0.193. The standard InChI is InChI=1S/C9H12BrN3O/c1-2-6(11)9(14)13-7-4-3-5-12-8(7)10/h3-6H,2,11H2,1H3,(H,13,14)/t6-/m0/s1. The molecule has 1 atom stereocenters. The van der Waals surface area contributed by atoms with Crippen molar-refractivity contribution < 1.29 is 4.79 Å². The molecule has 5 heteroatoms. The summed E-state index contributed by atoms with van der Waals surface area (Å²) in [5.74, 6) is -0.193. The molecule has 0 aliphatic heterocycles. The molecule has 0 saturated heterocycles. The normalized spacial score (nSPS) is 12.2. The summed E-state index contributed by atoms with van der Waals surface area (Å²) >= 11 is 3.23. The molecular formula is C9H12BrN3O. The van der Waals surface area contributed by atoms with Crippen LogP contribution in [0.1, 0.15) is 13.3 Å². The summed E-state index contributed by atoms with van der Waals surface area (Å²) < 4.78 is 0.608. The maximum Gasteiger partial charge on any atom is 0.241 e. The minimum Gasteiger partial charge on any atom is -0.322 e. The third-order valence-corrected chi connectivity index (χ3v) is 2.43. The Hall–Kier alpha value is -0.940. The number of halogens is 1. The number of pyridine rings is 1. The molecule has 1 rings (SSSR count). The Kier molecular flexibility index (Phi) is 4.03. The van der Waals surface area contributed by atoms with E-state index in [1.54, 1.807) is 18.3 Å². The van der Waals surface area contributed by atoms with Gasteiger partial charge in [-0.1, -0.05) is 6.92 Å². The van der Waals surface area contributed by atoms with Crippen molar-refractivity contribution in [2.24, 2.45) is 5.73 Å². The molecule has 0 aliphatic rings. The molecule has 4 nitrogen and oxygen atoms in total. The second-order valence-corrected chi connectivity index (χ2v) is 3.60. The molecule has 0 saturated carbocycles. The number of aromatic nitrogens is 1. The number of anilines is 1. The Bertz CT molecular complexity index is 330. The van der Waals surface area contributed by atoms with Crippen molar-refractivity contribution in [3.63, 3.8) is 0 Å². The van der Waals surface area contributed by atoms with Crippen molar-refractivity contribution in [2.75, 3.05) is 5.32 Å². The van der Waals surface area contributed by atoms with Gasteiger partial charge in [0.25, 0.3) is 0 Å². The fourth-order valence-corrected chi connectivity index (χ4v) is 1.24. The van der Waals surface area contributed by atoms with Gasteiger partial charge in [-0.25, -0.2) is 4.98 Å². The van der Waals surface area contributed by atoms with E-state index in [1.165, 1.54) is 0 Å². The van der Waals surface area contributed by atoms with Gasteiger partial charge in [0, 0.05) is 6.20 Å². The van der Waals surface area contributed by atoms with Crippen molar-refractivity contribution in [3.05, 3.63) is 22.9 Å². The van der Waals surface area contributed by atoms with Crippen molar-refractivity contribution in [1.82, 2.24) is 4.98 Å². The van der Waals surface area contributed by atoms with Gasteiger partial charge in [0.05, 0.1) is 11.7 Å². The predicted octanol–water partition coefficient (Wildman–Crippen LogP) is 1.52. The van der Waals surface area contributed by atoms with Gasteiger partial charge >= 0.3 is 0 Å². The van der Waals surface area contributed by atoms with Crippen LogP contribution in [0, 0.1) is 0 Å². The molecule has 1 heterocycles. The van der Waals surface area contributed by atoms with E-state index in [0.717, 1.165) is 0 Å². The van der Waals surface area contributed by atoms with Gasteiger partial charge < -0.3 is 11.1 Å². The summed E-state index contributed by atoms with van der Waals surface area (Å²) in [4.78, 5) is 15.4. The summed E-state index contributed by atoms with van der Waals surface area (Å²) in [7, 11) is 0. The number of nitrogens with zero attached hydrogens (tertiary/aromatic N) is 1. The maximum absolute atomic E-state index is 11.4. The smallest absolute Gasteiger partial charge is 0.241 e. The van der Waals surface area contributed by atoms with Gasteiger partial charge in [0.2, 0.25) is 5.91 Å². The quantitative estimate of drug-likeness (QED) is 0.807. The lowest BCUT2D eigenvalue weighted by atomic mass is 10.2. The zero-order chi connectivity index (χ0) is 10.6. The van der Waals surface area contributed by atoms with E-state index < -0.39 is 6.04 Å². The van der Waals surface area contributed by atoms with E-state index in [9.17, 15) is 4.79 Å². The molecule has 1 aromatic rings. The molecule has 0 unspecified atom stereocenters. The lowest BCUT2D eigenvalue weighted by molar-refractivity contribution is -0.117. The molecule has 0 radical (unpaired) electrons. The van der Waals surface area contributed by atoms with Crippen LogP contribution in [-0.4, -0.2) is 16.9 Å². The molecule has 76 valence electrons. The van der Waals surface area contributed by atoms with Crippen LogP contribution in [0.2, 0.25) is 0 Å². The van der Waals surface area contributed by atoms with Crippen LogP contribution in [0.5, 0.6) is 0 Å². The number of hydrogen-bond acceptors (Lipinski definition) is 3. The summed E-state index contributed by atoms with van der Waals surface area (Å²) in [6.07, 6.45) is 2.25. The van der Waals surface area contributed by atoms with E-state index in [2.05, 4.69) is 26.2 Å². The van der Waals surface area contributed by atoms with Gasteiger partial charge in [-0.3, -0.25) is 4.79 Å². The SMILES string of the molecule is CC[C@H](N)C(=O)Nc1cccnc1Br. The maximum atomic E-state index is 11.4. The van der Waals surface area contributed by atoms with Crippen molar-refractivity contribution in [3.8, 4) is 0 Å². The second kappa shape index (κ2) is 5.07. The number of rotatable bonds is 3. The van der Waals surface area contributed by atoms with Gasteiger partial charge in [0.15, 0.2) is 0 Å². The minimum atomic E-state index is -0.470. The Morgan fingerprint density at radius 2 is 2.50 bits per heavy atom. The van der Waals surface area contributed by atoms with E-state index in [4.69, 9.17) is 5.73 Å². The highest BCUT2D eigenvalue weighted by Gasteiger charge is 2.12. The van der Waals surface area contributed by atoms with Crippen LogP contribution in [0.15, 0.2) is 22.9 Å². The largest absolute Gasteiger partial charge is 0.322 e. The highest BCUT2D eigenvalue weighted by Crippen LogP contribution is 2.18. The lowest BCUT2D eigenvalue weighted by Gasteiger charge is -2.10. The molecule has 1 aromatic heterocycles. The lowest BCUT2D eigenvalue weighted by Crippen LogP contribution is -2.34. The molecule has 14 heavy (non-hydrogen) atoms. The molecule has 0 aliphatic carbocycles. The summed E-state index contributed by atoms with van der Waals surface area (Å²) in [6, 6.07) is 3.04. The highest BCUT2D eigenvalue weighted by atomic mass is 79.9. The predicted molar refractivity (Wildman–Crippen MR) is 58.8 cm³/mol. The van der Waals surface area contributed by atoms with Crippen LogP contribution in [0.3, 0.4) is 0 Å². The topological polar surface area (TPSA) is 68.0 Å². The first-order valence-electron chi connectivity index (χ1n) is 4.32. The monoisotopic (exact) mass is 257 g/mol. The molecule has 3 N–H and O–H groups in total. The number of nitrogens with two attached hydrogens (primary N) is 1. The summed E-state index contributed by atoms with van der Waals surface area (Å²) in [6.45, 7) is 1.86. The molecule has 0 fully saturated rings. The molecular weight excluding hydrogens is 246 g/mol. The third-order valence-electron chi connectivity index (χ3n) is 1.79. The number of carbonyl (C=O) groups excluding carboxylic acids is 1. The number of carbonyl (C=O) groups is 1. The Balaban J connectivity index is 2.70. The first kappa shape index (κ1) is 11.1. The summed E-state index contributed by atoms with van der Waals surface area (Å²) in [5, 5.41) is 2.69. The van der Waals surface area contributed by atoms with Crippen LogP contribution in [-0.2, 0) is 4.79 Å². The fourth-order valence-electron chi connectivity index (χ4n) is 0.890. The van der Waals surface area contributed by atoms with E-state index in [1.807, 2.05) is 6.92 Å². The van der Waals surface area contributed by atoms with Crippen molar-refractivity contribution in [1.29, 1.82) is 0 Å². The van der Waals surface area contributed by atoms with E-state index in [-0.39, 0.29) is 5.91 Å². The number of nitrogens with one attached hydrogen (secondary N) is 1. The zero-order valence-electron chi connectivity index (χ0n) is 7.83. The van der Waals surface area contributed by atoms with Crippen LogP contribution in [0.4, 0.5) is 5.69 Å². The third kappa shape index (κ3) is 2.78.